The van der Waals surface area contributed by atoms with Crippen molar-refractivity contribution in [3.8, 4) is 10.6 Å². The van der Waals surface area contributed by atoms with E-state index in [1.807, 2.05) is 54.8 Å². The number of carbonyl (C=O) groups excluding carboxylic acids is 1. The van der Waals surface area contributed by atoms with Crippen LogP contribution in [0.1, 0.15) is 24.6 Å². The van der Waals surface area contributed by atoms with E-state index in [4.69, 9.17) is 4.52 Å². The first-order valence-electron chi connectivity index (χ1n) is 8.84. The molecule has 1 aromatic carbocycles. The molecule has 0 saturated heterocycles. The predicted molar refractivity (Wildman–Crippen MR) is 104 cm³/mol. The number of amides is 1. The molecule has 1 amide bonds. The molecule has 6 heteroatoms. The van der Waals surface area contributed by atoms with Gasteiger partial charge in [0, 0.05) is 11.8 Å². The summed E-state index contributed by atoms with van der Waals surface area (Å²) in [5.41, 5.74) is 2.81. The van der Waals surface area contributed by atoms with Gasteiger partial charge in [-0.3, -0.25) is 4.79 Å². The van der Waals surface area contributed by atoms with Gasteiger partial charge < -0.3 is 14.7 Å². The number of para-hydroxylation sites is 1. The molecule has 2 heterocycles. The van der Waals surface area contributed by atoms with Gasteiger partial charge >= 0.3 is 0 Å². The number of quaternary nitrogens is 1. The first-order chi connectivity index (χ1) is 12.7. The lowest BCUT2D eigenvalue weighted by molar-refractivity contribution is -0.906. The molecular weight excluding hydrogens is 346 g/mol. The van der Waals surface area contributed by atoms with Crippen LogP contribution in [0.5, 0.6) is 0 Å². The third-order valence-electron chi connectivity index (χ3n) is 4.19. The van der Waals surface area contributed by atoms with Gasteiger partial charge in [0.2, 0.25) is 0 Å². The molecule has 1 unspecified atom stereocenters. The monoisotopic (exact) mass is 370 g/mol. The normalized spacial score (nSPS) is 12.1. The highest BCUT2D eigenvalue weighted by atomic mass is 32.1. The number of nitrogens with one attached hydrogen (secondary N) is 2. The summed E-state index contributed by atoms with van der Waals surface area (Å²) in [4.78, 5) is 14.7. The van der Waals surface area contributed by atoms with Crippen molar-refractivity contribution in [3.63, 3.8) is 0 Å². The lowest BCUT2D eigenvalue weighted by atomic mass is 10.2. The van der Waals surface area contributed by atoms with E-state index in [1.165, 1.54) is 4.90 Å². The number of aryl methyl sites for hydroxylation is 1. The van der Waals surface area contributed by atoms with E-state index < -0.39 is 0 Å². The van der Waals surface area contributed by atoms with E-state index in [0.29, 0.717) is 13.1 Å². The zero-order valence-corrected chi connectivity index (χ0v) is 15.9. The van der Waals surface area contributed by atoms with Gasteiger partial charge in [-0.2, -0.15) is 0 Å². The number of benzene rings is 1. The Morgan fingerprint density at radius 1 is 1.27 bits per heavy atom. The highest BCUT2D eigenvalue weighted by molar-refractivity contribution is 7.13. The Hall–Kier alpha value is -2.44. The Morgan fingerprint density at radius 3 is 2.85 bits per heavy atom. The molecule has 1 atom stereocenters. The van der Waals surface area contributed by atoms with E-state index in [0.717, 1.165) is 40.5 Å². The van der Waals surface area contributed by atoms with Gasteiger partial charge in [-0.05, 0) is 36.4 Å². The minimum atomic E-state index is 0.0183. The van der Waals surface area contributed by atoms with Crippen molar-refractivity contribution in [1.29, 1.82) is 0 Å². The largest absolute Gasteiger partial charge is 0.355 e. The van der Waals surface area contributed by atoms with Crippen LogP contribution in [0, 0.1) is 6.92 Å². The number of aromatic nitrogens is 1. The summed E-state index contributed by atoms with van der Waals surface area (Å²) >= 11 is 1.63. The van der Waals surface area contributed by atoms with Gasteiger partial charge in [0.05, 0.1) is 11.4 Å². The topological polar surface area (TPSA) is 59.6 Å². The zero-order chi connectivity index (χ0) is 18.4. The maximum absolute atomic E-state index is 12.5. The molecule has 0 radical (unpaired) electrons. The molecule has 0 bridgehead atoms. The fraction of sp³-hybridized carbons (Fsp3) is 0.300. The van der Waals surface area contributed by atoms with Gasteiger partial charge in [-0.15, -0.1) is 11.3 Å². The lowest BCUT2D eigenvalue weighted by Gasteiger charge is -2.17. The Bertz CT molecular complexity index is 842. The molecule has 0 aliphatic carbocycles. The summed E-state index contributed by atoms with van der Waals surface area (Å²) in [7, 11) is 0. The number of carbonyl (C=O) groups is 1. The van der Waals surface area contributed by atoms with E-state index >= 15 is 0 Å². The van der Waals surface area contributed by atoms with E-state index in [2.05, 4.69) is 17.4 Å². The number of rotatable bonds is 8. The van der Waals surface area contributed by atoms with Crippen molar-refractivity contribution in [2.45, 2.75) is 26.8 Å². The molecule has 0 spiro atoms. The summed E-state index contributed by atoms with van der Waals surface area (Å²) < 4.78 is 5.45. The standard InChI is InChI=1S/C20H23N3O2S/c1-3-10-23(14-20(24)21-17-8-5-4-7-15(17)2)13-16-12-18(25-22-16)19-9-6-11-26-19/h4-9,11-12H,3,10,13-14H2,1-2H3,(H,21,24)/p+1. The SMILES string of the molecule is CCC[NH+](CC(=O)Nc1ccccc1C)Cc1cc(-c2cccs2)on1. The Kier molecular flexibility index (Phi) is 6.20. The molecule has 3 rings (SSSR count). The molecule has 5 nitrogen and oxygen atoms in total. The quantitative estimate of drug-likeness (QED) is 0.640. The van der Waals surface area contributed by atoms with Crippen LogP contribution in [0.3, 0.4) is 0 Å². The lowest BCUT2D eigenvalue weighted by Crippen LogP contribution is -3.11. The van der Waals surface area contributed by atoms with Gasteiger partial charge in [-0.25, -0.2) is 0 Å². The fourth-order valence-electron chi connectivity index (χ4n) is 2.91. The Morgan fingerprint density at radius 2 is 2.12 bits per heavy atom. The molecule has 26 heavy (non-hydrogen) atoms. The molecule has 3 aromatic rings. The number of hydrogen-bond acceptors (Lipinski definition) is 4. The maximum atomic E-state index is 12.5. The average molecular weight is 370 g/mol. The second kappa shape index (κ2) is 8.78. The van der Waals surface area contributed by atoms with Gasteiger partial charge in [0.1, 0.15) is 12.2 Å². The molecular formula is C20H24N3O2S+. The summed E-state index contributed by atoms with van der Waals surface area (Å²) in [5.74, 6) is 0.805. The van der Waals surface area contributed by atoms with Gasteiger partial charge in [0.15, 0.2) is 12.3 Å². The molecule has 136 valence electrons. The third-order valence-corrected chi connectivity index (χ3v) is 5.07. The van der Waals surface area contributed by atoms with Crippen LogP contribution in [0.2, 0.25) is 0 Å². The van der Waals surface area contributed by atoms with E-state index in [1.54, 1.807) is 11.3 Å². The van der Waals surface area contributed by atoms with Crippen LogP contribution < -0.4 is 10.2 Å². The number of thiophene rings is 1. The third kappa shape index (κ3) is 4.80. The first kappa shape index (κ1) is 18.4. The van der Waals surface area contributed by atoms with Crippen LogP contribution in [0.15, 0.2) is 52.4 Å². The number of anilines is 1. The van der Waals surface area contributed by atoms with Gasteiger partial charge in [0.25, 0.3) is 5.91 Å². The predicted octanol–water partition coefficient (Wildman–Crippen LogP) is 3.15. The highest BCUT2D eigenvalue weighted by Gasteiger charge is 2.18. The Labute approximate surface area is 157 Å². The maximum Gasteiger partial charge on any atom is 0.279 e. The number of hydrogen-bond donors (Lipinski definition) is 2. The van der Waals surface area contributed by atoms with Crippen LogP contribution in [-0.2, 0) is 11.3 Å². The molecule has 2 aromatic heterocycles. The van der Waals surface area contributed by atoms with Gasteiger partial charge in [-0.1, -0.05) is 36.3 Å². The summed E-state index contributed by atoms with van der Waals surface area (Å²) in [6.07, 6.45) is 1.00. The zero-order valence-electron chi connectivity index (χ0n) is 15.1. The summed E-state index contributed by atoms with van der Waals surface area (Å²) in [5, 5.41) is 9.21. The second-order valence-corrected chi connectivity index (χ2v) is 7.32. The molecule has 0 saturated carbocycles. The minimum absolute atomic E-state index is 0.0183. The first-order valence-corrected chi connectivity index (χ1v) is 9.72. The van der Waals surface area contributed by atoms with Crippen LogP contribution in [0.25, 0.3) is 10.6 Å². The van der Waals surface area contributed by atoms with E-state index in [-0.39, 0.29) is 5.91 Å². The molecule has 0 fully saturated rings. The second-order valence-electron chi connectivity index (χ2n) is 6.38. The van der Waals surface area contributed by atoms with Crippen LogP contribution >= 0.6 is 11.3 Å². The molecule has 0 aliphatic heterocycles. The van der Waals surface area contributed by atoms with Crippen molar-refractivity contribution in [3.05, 3.63) is 59.1 Å². The fourth-order valence-corrected chi connectivity index (χ4v) is 3.59. The van der Waals surface area contributed by atoms with Crippen molar-refractivity contribution in [2.75, 3.05) is 18.4 Å². The van der Waals surface area contributed by atoms with Crippen molar-refractivity contribution >= 4 is 22.9 Å². The smallest absolute Gasteiger partial charge is 0.279 e. The van der Waals surface area contributed by atoms with Crippen molar-refractivity contribution < 1.29 is 14.2 Å². The summed E-state index contributed by atoms with van der Waals surface area (Å²) in [6.45, 7) is 6.10. The summed E-state index contributed by atoms with van der Waals surface area (Å²) in [6, 6.07) is 13.8. The number of nitrogens with zero attached hydrogens (tertiary/aromatic N) is 1. The molecule has 0 aliphatic rings. The van der Waals surface area contributed by atoms with Crippen molar-refractivity contribution in [2.24, 2.45) is 0 Å². The van der Waals surface area contributed by atoms with Crippen LogP contribution in [-0.4, -0.2) is 24.2 Å². The molecule has 2 N–H and O–H groups in total. The average Bonchev–Trinajstić information content (AvgIpc) is 3.28. The highest BCUT2D eigenvalue weighted by Crippen LogP contribution is 2.24. The van der Waals surface area contributed by atoms with Crippen molar-refractivity contribution in [1.82, 2.24) is 5.16 Å². The van der Waals surface area contributed by atoms with Crippen LogP contribution in [0.4, 0.5) is 5.69 Å². The Balaban J connectivity index is 1.62. The minimum Gasteiger partial charge on any atom is -0.355 e. The van der Waals surface area contributed by atoms with E-state index in [9.17, 15) is 4.79 Å².